The molecule has 0 spiro atoms. The molecule has 3 amide bonds. The van der Waals surface area contributed by atoms with Gasteiger partial charge in [-0.1, -0.05) is 12.1 Å². The molecule has 9 nitrogen and oxygen atoms in total. The summed E-state index contributed by atoms with van der Waals surface area (Å²) < 4.78 is 2.07. The molecule has 0 radical (unpaired) electrons. The molecule has 3 aliphatic heterocycles. The fourth-order valence-electron chi connectivity index (χ4n) is 4.81. The van der Waals surface area contributed by atoms with Crippen LogP contribution in [-0.2, 0) is 42.3 Å². The van der Waals surface area contributed by atoms with Gasteiger partial charge in [-0.3, -0.25) is 29.3 Å². The van der Waals surface area contributed by atoms with Crippen molar-refractivity contribution in [1.82, 2.24) is 30.2 Å². The lowest BCUT2D eigenvalue weighted by molar-refractivity contribution is -0.136. The number of imide groups is 1. The fraction of sp³-hybridized carbons (Fsp3) is 0.455. The van der Waals surface area contributed by atoms with Crippen LogP contribution in [0.4, 0.5) is 0 Å². The number of nitrogens with one attached hydrogen (secondary N) is 2. The summed E-state index contributed by atoms with van der Waals surface area (Å²) in [5.74, 6) is -0.785. The predicted molar refractivity (Wildman–Crippen MR) is 112 cm³/mol. The van der Waals surface area contributed by atoms with Crippen molar-refractivity contribution in [2.75, 3.05) is 13.6 Å². The second-order valence-electron chi connectivity index (χ2n) is 8.53. The third-order valence-corrected chi connectivity index (χ3v) is 6.39. The highest BCUT2D eigenvalue weighted by atomic mass is 16.2. The first-order valence-electron chi connectivity index (χ1n) is 10.7. The van der Waals surface area contributed by atoms with E-state index in [1.165, 1.54) is 11.3 Å². The first-order valence-corrected chi connectivity index (χ1v) is 10.7. The largest absolute Gasteiger partial charge is 0.322 e. The fourth-order valence-corrected chi connectivity index (χ4v) is 4.81. The molecule has 0 aliphatic carbocycles. The Morgan fingerprint density at radius 2 is 2.03 bits per heavy atom. The van der Waals surface area contributed by atoms with Gasteiger partial charge in [-0.15, -0.1) is 0 Å². The number of piperidine rings is 1. The van der Waals surface area contributed by atoms with E-state index in [0.29, 0.717) is 25.1 Å². The zero-order valence-electron chi connectivity index (χ0n) is 17.6. The standard InChI is InChI=1S/C22H26N6O3/c1-26(12-15-9-24-28-8-7-23-10-19(15)28)11-14-3-2-4-16-17(14)13-27(22(16)31)18-5-6-20(29)25-21(18)30/h2-4,9,18,23H,5-8,10-13H2,1H3,(H,25,29,30). The molecule has 1 aromatic heterocycles. The molecule has 1 fully saturated rings. The summed E-state index contributed by atoms with van der Waals surface area (Å²) in [6.45, 7) is 4.53. The van der Waals surface area contributed by atoms with Crippen LogP contribution in [0.15, 0.2) is 24.4 Å². The Hall–Kier alpha value is -3.04. The number of aromatic nitrogens is 2. The molecular formula is C22H26N6O3. The summed E-state index contributed by atoms with van der Waals surface area (Å²) in [7, 11) is 2.06. The molecular weight excluding hydrogens is 396 g/mol. The minimum atomic E-state index is -0.588. The summed E-state index contributed by atoms with van der Waals surface area (Å²) >= 11 is 0. The summed E-state index contributed by atoms with van der Waals surface area (Å²) in [6.07, 6.45) is 2.58. The van der Waals surface area contributed by atoms with Gasteiger partial charge in [0.15, 0.2) is 0 Å². The van der Waals surface area contributed by atoms with E-state index >= 15 is 0 Å². The molecule has 0 bridgehead atoms. The van der Waals surface area contributed by atoms with Crippen LogP contribution in [0.2, 0.25) is 0 Å². The lowest BCUT2D eigenvalue weighted by Crippen LogP contribution is -2.52. The van der Waals surface area contributed by atoms with E-state index in [-0.39, 0.29) is 24.1 Å². The summed E-state index contributed by atoms with van der Waals surface area (Å²) in [5, 5.41) is 10.2. The molecule has 2 N–H and O–H groups in total. The molecule has 162 valence electrons. The summed E-state index contributed by atoms with van der Waals surface area (Å²) in [4.78, 5) is 40.6. The number of amides is 3. The topological polar surface area (TPSA) is 99.6 Å². The normalized spacial score (nSPS) is 20.8. The lowest BCUT2D eigenvalue weighted by atomic mass is 10.0. The Kier molecular flexibility index (Phi) is 5.07. The highest BCUT2D eigenvalue weighted by Crippen LogP contribution is 2.30. The SMILES string of the molecule is CN(Cc1cccc2c1CN(C1CCC(=O)NC1=O)C2=O)Cc1cnn2c1CNCC2. The molecule has 1 saturated heterocycles. The monoisotopic (exact) mass is 422 g/mol. The van der Waals surface area contributed by atoms with Crippen molar-refractivity contribution in [3.63, 3.8) is 0 Å². The summed E-state index contributed by atoms with van der Waals surface area (Å²) in [5.41, 5.74) is 5.16. The second-order valence-corrected chi connectivity index (χ2v) is 8.53. The maximum Gasteiger partial charge on any atom is 0.255 e. The molecule has 4 heterocycles. The van der Waals surface area contributed by atoms with Gasteiger partial charge in [0.25, 0.3) is 5.91 Å². The number of nitrogens with zero attached hydrogens (tertiary/aromatic N) is 4. The number of carbonyl (C=O) groups is 3. The smallest absolute Gasteiger partial charge is 0.255 e. The molecule has 3 aliphatic rings. The van der Waals surface area contributed by atoms with Crippen LogP contribution in [0.25, 0.3) is 0 Å². The Bertz CT molecular complexity index is 1060. The molecule has 9 heteroatoms. The van der Waals surface area contributed by atoms with Crippen molar-refractivity contribution in [2.24, 2.45) is 0 Å². The number of carbonyl (C=O) groups excluding carboxylic acids is 3. The Morgan fingerprint density at radius 3 is 2.87 bits per heavy atom. The van der Waals surface area contributed by atoms with Gasteiger partial charge in [0.05, 0.1) is 18.4 Å². The van der Waals surface area contributed by atoms with Gasteiger partial charge in [-0.2, -0.15) is 5.10 Å². The molecule has 1 atom stereocenters. The van der Waals surface area contributed by atoms with E-state index in [2.05, 4.69) is 32.4 Å². The number of hydrogen-bond donors (Lipinski definition) is 2. The molecule has 1 aromatic carbocycles. The molecule has 0 saturated carbocycles. The van der Waals surface area contributed by atoms with Gasteiger partial charge in [0, 0.05) is 50.3 Å². The zero-order valence-corrected chi connectivity index (χ0v) is 17.6. The van der Waals surface area contributed by atoms with Crippen molar-refractivity contribution >= 4 is 17.7 Å². The van der Waals surface area contributed by atoms with Gasteiger partial charge >= 0.3 is 0 Å². The Morgan fingerprint density at radius 1 is 1.19 bits per heavy atom. The van der Waals surface area contributed by atoms with Crippen molar-refractivity contribution in [1.29, 1.82) is 0 Å². The van der Waals surface area contributed by atoms with Gasteiger partial charge in [0.1, 0.15) is 6.04 Å². The van der Waals surface area contributed by atoms with Crippen molar-refractivity contribution in [3.8, 4) is 0 Å². The van der Waals surface area contributed by atoms with Gasteiger partial charge in [-0.25, -0.2) is 0 Å². The van der Waals surface area contributed by atoms with E-state index in [1.807, 2.05) is 24.4 Å². The lowest BCUT2D eigenvalue weighted by Gasteiger charge is -2.29. The number of fused-ring (bicyclic) bond motifs is 2. The maximum atomic E-state index is 13.0. The minimum absolute atomic E-state index is 0.134. The van der Waals surface area contributed by atoms with E-state index in [1.54, 1.807) is 4.90 Å². The predicted octanol–water partition coefficient (Wildman–Crippen LogP) is 0.379. The Balaban J connectivity index is 1.32. The van der Waals surface area contributed by atoms with Crippen LogP contribution in [0.1, 0.15) is 45.6 Å². The highest BCUT2D eigenvalue weighted by Gasteiger charge is 2.39. The quantitative estimate of drug-likeness (QED) is 0.676. The molecule has 31 heavy (non-hydrogen) atoms. The average molecular weight is 422 g/mol. The second kappa shape index (κ2) is 7.90. The third kappa shape index (κ3) is 3.64. The number of hydrogen-bond acceptors (Lipinski definition) is 6. The van der Waals surface area contributed by atoms with Gasteiger partial charge in [-0.05, 0) is 30.7 Å². The van der Waals surface area contributed by atoms with Crippen LogP contribution < -0.4 is 10.6 Å². The van der Waals surface area contributed by atoms with Crippen LogP contribution in [-0.4, -0.2) is 56.9 Å². The Labute approximate surface area is 180 Å². The van der Waals surface area contributed by atoms with Crippen LogP contribution in [0.5, 0.6) is 0 Å². The molecule has 5 rings (SSSR count). The molecule has 2 aromatic rings. The van der Waals surface area contributed by atoms with Crippen molar-refractivity contribution in [2.45, 2.75) is 51.6 Å². The van der Waals surface area contributed by atoms with E-state index in [0.717, 1.165) is 37.3 Å². The van der Waals surface area contributed by atoms with Crippen LogP contribution >= 0.6 is 0 Å². The minimum Gasteiger partial charge on any atom is -0.322 e. The van der Waals surface area contributed by atoms with E-state index < -0.39 is 6.04 Å². The van der Waals surface area contributed by atoms with Crippen molar-refractivity contribution < 1.29 is 14.4 Å². The maximum absolute atomic E-state index is 13.0. The zero-order chi connectivity index (χ0) is 21.5. The number of rotatable bonds is 5. The molecule has 1 unspecified atom stereocenters. The third-order valence-electron chi connectivity index (χ3n) is 6.39. The first kappa shape index (κ1) is 19.9. The van der Waals surface area contributed by atoms with Crippen molar-refractivity contribution in [3.05, 3.63) is 52.3 Å². The first-order chi connectivity index (χ1) is 15.0. The highest BCUT2D eigenvalue weighted by molar-refractivity contribution is 6.05. The van der Waals surface area contributed by atoms with E-state index in [4.69, 9.17) is 0 Å². The van der Waals surface area contributed by atoms with Gasteiger partial charge in [0.2, 0.25) is 11.8 Å². The van der Waals surface area contributed by atoms with Gasteiger partial charge < -0.3 is 10.2 Å². The number of benzene rings is 1. The summed E-state index contributed by atoms with van der Waals surface area (Å²) in [6, 6.07) is 5.19. The van der Waals surface area contributed by atoms with Crippen LogP contribution in [0.3, 0.4) is 0 Å². The average Bonchev–Trinajstić information content (AvgIpc) is 3.30. The van der Waals surface area contributed by atoms with Crippen LogP contribution in [0, 0.1) is 0 Å². The van der Waals surface area contributed by atoms with E-state index in [9.17, 15) is 14.4 Å².